The highest BCUT2D eigenvalue weighted by Gasteiger charge is 2.36. The largest absolute Gasteiger partial charge is 0.478 e. The molecule has 3 aromatic heterocycles. The third-order valence-corrected chi connectivity index (χ3v) is 7.68. The molecule has 0 saturated carbocycles. The molecule has 2 amide bonds. The van der Waals surface area contributed by atoms with Gasteiger partial charge in [0.15, 0.2) is 5.65 Å². The van der Waals surface area contributed by atoms with Crippen LogP contribution in [-0.4, -0.2) is 77.7 Å². The average molecular weight is 638 g/mol. The summed E-state index contributed by atoms with van der Waals surface area (Å²) in [6, 6.07) is 14.1. The number of fused-ring (bicyclic) bond motifs is 2. The lowest BCUT2D eigenvalue weighted by Gasteiger charge is -2.39. The second-order valence-corrected chi connectivity index (χ2v) is 12.2. The fraction of sp³-hybridized carbons (Fsp3) is 0.265. The number of aromatic nitrogens is 5. The molecule has 1 fully saturated rings. The van der Waals surface area contributed by atoms with Crippen molar-refractivity contribution in [1.29, 1.82) is 0 Å². The number of ether oxygens (including phenoxy) is 1. The summed E-state index contributed by atoms with van der Waals surface area (Å²) in [5.74, 6) is -2.21. The van der Waals surface area contributed by atoms with E-state index in [9.17, 15) is 14.4 Å². The maximum Gasteiger partial charge on any atom is 0.410 e. The summed E-state index contributed by atoms with van der Waals surface area (Å²) >= 11 is 0. The number of carboxylic acid groups (broad SMARTS) is 1. The Morgan fingerprint density at radius 2 is 1.89 bits per heavy atom. The summed E-state index contributed by atoms with van der Waals surface area (Å²) in [6.45, 7) is 5.94. The van der Waals surface area contributed by atoms with Crippen LogP contribution in [0.4, 0.5) is 15.0 Å². The molecule has 240 valence electrons. The predicted octanol–water partition coefficient (Wildman–Crippen LogP) is 5.65. The number of likely N-dealkylation sites (tertiary alicyclic amines) is 1. The van der Waals surface area contributed by atoms with Crippen LogP contribution in [0.15, 0.2) is 73.1 Å². The number of benzene rings is 2. The lowest BCUT2D eigenvalue weighted by Crippen LogP contribution is -2.53. The molecule has 4 heterocycles. The fourth-order valence-corrected chi connectivity index (χ4v) is 5.61. The number of carbonyl (C=O) groups is 3. The topological polar surface area (TPSA) is 144 Å². The molecule has 47 heavy (non-hydrogen) atoms. The van der Waals surface area contributed by atoms with E-state index in [0.29, 0.717) is 52.6 Å². The Kier molecular flexibility index (Phi) is 8.37. The van der Waals surface area contributed by atoms with Gasteiger partial charge in [-0.2, -0.15) is 4.68 Å². The van der Waals surface area contributed by atoms with Gasteiger partial charge in [-0.3, -0.25) is 9.69 Å². The Bertz CT molecular complexity index is 2040. The molecule has 1 aliphatic rings. The molecule has 12 nitrogen and oxygen atoms in total. The first-order valence-corrected chi connectivity index (χ1v) is 15.1. The molecule has 6 rings (SSSR count). The summed E-state index contributed by atoms with van der Waals surface area (Å²) in [7, 11) is 0. The van der Waals surface area contributed by atoms with E-state index in [1.807, 2.05) is 0 Å². The molecule has 1 atom stereocenters. The van der Waals surface area contributed by atoms with Gasteiger partial charge < -0.3 is 14.7 Å². The lowest BCUT2D eigenvalue weighted by molar-refractivity contribution is -0.131. The van der Waals surface area contributed by atoms with Gasteiger partial charge in [0.05, 0.1) is 17.3 Å². The van der Waals surface area contributed by atoms with Gasteiger partial charge in [0.25, 0.3) is 5.91 Å². The second-order valence-electron chi connectivity index (χ2n) is 12.2. The first-order chi connectivity index (χ1) is 22.5. The summed E-state index contributed by atoms with van der Waals surface area (Å²) in [4.78, 5) is 50.5. The molecule has 1 saturated heterocycles. The number of piperidine rings is 1. The van der Waals surface area contributed by atoms with E-state index in [1.165, 1.54) is 27.8 Å². The van der Waals surface area contributed by atoms with E-state index in [-0.39, 0.29) is 17.9 Å². The third-order valence-electron chi connectivity index (χ3n) is 7.68. The molecule has 1 aliphatic heterocycles. The number of carbonyl (C=O) groups excluding carboxylic acids is 2. The van der Waals surface area contributed by atoms with Crippen LogP contribution in [0.25, 0.3) is 33.7 Å². The molecule has 2 aromatic carbocycles. The molecule has 1 N–H and O–H groups in total. The van der Waals surface area contributed by atoms with Gasteiger partial charge in [-0.15, -0.1) is 5.10 Å². The van der Waals surface area contributed by atoms with Crippen LogP contribution in [0.1, 0.15) is 49.5 Å². The minimum absolute atomic E-state index is 0.147. The van der Waals surface area contributed by atoms with Crippen LogP contribution >= 0.6 is 0 Å². The maximum absolute atomic E-state index is 16.0. The highest BCUT2D eigenvalue weighted by molar-refractivity contribution is 6.10. The molecular formula is C34H32FN7O5. The molecule has 5 aromatic rings. The summed E-state index contributed by atoms with van der Waals surface area (Å²) in [5, 5.41) is 18.5. The van der Waals surface area contributed by atoms with E-state index < -0.39 is 35.4 Å². The van der Waals surface area contributed by atoms with Crippen LogP contribution < -0.4 is 4.90 Å². The van der Waals surface area contributed by atoms with Crippen molar-refractivity contribution in [3.8, 4) is 5.69 Å². The zero-order chi connectivity index (χ0) is 33.3. The molecule has 13 heteroatoms. The number of anilines is 1. The molecule has 0 bridgehead atoms. The number of nitrogens with zero attached hydrogens (tertiary/aromatic N) is 7. The van der Waals surface area contributed by atoms with Crippen molar-refractivity contribution in [2.45, 2.75) is 45.3 Å². The third kappa shape index (κ3) is 6.64. The SMILES string of the molecule is CC(C)(C)OC(=O)N1CCCC(N(C(=O)c2ccc(-n3nnc4cccnc43)cc2F)c2nccc3cc(/C=C/C(=O)O)ccc23)C1. The van der Waals surface area contributed by atoms with Gasteiger partial charge in [-0.1, -0.05) is 17.3 Å². The number of hydrogen-bond acceptors (Lipinski definition) is 8. The fourth-order valence-electron chi connectivity index (χ4n) is 5.61. The van der Waals surface area contributed by atoms with Crippen molar-refractivity contribution >= 4 is 51.8 Å². The molecule has 0 spiro atoms. The van der Waals surface area contributed by atoms with E-state index in [1.54, 1.807) is 80.5 Å². The monoisotopic (exact) mass is 637 g/mol. The summed E-state index contributed by atoms with van der Waals surface area (Å²) in [5.41, 5.74) is 1.05. The second kappa shape index (κ2) is 12.6. The number of rotatable bonds is 6. The van der Waals surface area contributed by atoms with E-state index >= 15 is 4.39 Å². The Balaban J connectivity index is 1.41. The van der Waals surface area contributed by atoms with Gasteiger partial charge in [0.2, 0.25) is 0 Å². The summed E-state index contributed by atoms with van der Waals surface area (Å²) < 4.78 is 23.0. The Morgan fingerprint density at radius 3 is 2.66 bits per heavy atom. The smallest absolute Gasteiger partial charge is 0.410 e. The number of halogens is 1. The minimum atomic E-state index is -1.08. The van der Waals surface area contributed by atoms with Crippen LogP contribution in [0.3, 0.4) is 0 Å². The van der Waals surface area contributed by atoms with Gasteiger partial charge in [0.1, 0.15) is 22.8 Å². The minimum Gasteiger partial charge on any atom is -0.478 e. The highest BCUT2D eigenvalue weighted by Crippen LogP contribution is 2.32. The normalized spacial score (nSPS) is 15.3. The van der Waals surface area contributed by atoms with Crippen LogP contribution in [0.5, 0.6) is 0 Å². The first-order valence-electron chi connectivity index (χ1n) is 15.1. The van der Waals surface area contributed by atoms with E-state index in [2.05, 4.69) is 20.3 Å². The average Bonchev–Trinajstić information content (AvgIpc) is 3.47. The predicted molar refractivity (Wildman–Crippen MR) is 173 cm³/mol. The Hall–Kier alpha value is -5.72. The van der Waals surface area contributed by atoms with Crippen LogP contribution in [-0.2, 0) is 9.53 Å². The van der Waals surface area contributed by atoms with Gasteiger partial charge in [-0.25, -0.2) is 23.9 Å². The van der Waals surface area contributed by atoms with Crippen LogP contribution in [0.2, 0.25) is 0 Å². The standard InChI is InChI=1S/C34H32FN7O5/c1-34(2,3)47-33(46)40-17-5-6-24(20-40)41(30-25-11-8-21(9-13-29(43)44)18-22(25)14-16-37-30)32(45)26-12-10-23(19-27(26)35)42-31-28(38-39-42)7-4-15-36-31/h4,7-16,18-19,24H,5-6,17,20H2,1-3H3,(H,43,44)/b13-9+. The van der Waals surface area contributed by atoms with Gasteiger partial charge >= 0.3 is 12.1 Å². The van der Waals surface area contributed by atoms with E-state index in [4.69, 9.17) is 9.84 Å². The van der Waals surface area contributed by atoms with Crippen molar-refractivity contribution in [1.82, 2.24) is 29.9 Å². The molecule has 0 radical (unpaired) electrons. The van der Waals surface area contributed by atoms with Crippen molar-refractivity contribution in [3.63, 3.8) is 0 Å². The van der Waals surface area contributed by atoms with Crippen molar-refractivity contribution in [2.24, 2.45) is 0 Å². The summed E-state index contributed by atoms with van der Waals surface area (Å²) in [6.07, 6.45) is 6.24. The quantitative estimate of drug-likeness (QED) is 0.234. The number of pyridine rings is 2. The van der Waals surface area contributed by atoms with Crippen molar-refractivity contribution < 1.29 is 28.6 Å². The molecule has 0 aliphatic carbocycles. The van der Waals surface area contributed by atoms with Gasteiger partial charge in [0, 0.05) is 43.0 Å². The Morgan fingerprint density at radius 1 is 1.06 bits per heavy atom. The highest BCUT2D eigenvalue weighted by atomic mass is 19.1. The number of hydrogen-bond donors (Lipinski definition) is 1. The number of aliphatic carboxylic acids is 1. The van der Waals surface area contributed by atoms with Crippen molar-refractivity contribution in [2.75, 3.05) is 18.0 Å². The first kappa shape index (κ1) is 31.3. The zero-order valence-electron chi connectivity index (χ0n) is 26.0. The lowest BCUT2D eigenvalue weighted by atomic mass is 10.0. The number of amides is 2. The van der Waals surface area contributed by atoms with Crippen LogP contribution in [0, 0.1) is 5.82 Å². The zero-order valence-corrected chi connectivity index (χ0v) is 26.0. The van der Waals surface area contributed by atoms with Gasteiger partial charge in [-0.05, 0) is 87.0 Å². The maximum atomic E-state index is 16.0. The number of carboxylic acids is 1. The van der Waals surface area contributed by atoms with E-state index in [0.717, 1.165) is 6.08 Å². The Labute approximate surface area is 269 Å². The molecular weight excluding hydrogens is 605 g/mol. The molecule has 1 unspecified atom stereocenters. The van der Waals surface area contributed by atoms with Crippen molar-refractivity contribution in [3.05, 3.63) is 90.0 Å².